The second-order valence-electron chi connectivity index (χ2n) is 4.37. The van der Waals surface area contributed by atoms with Crippen LogP contribution in [0.15, 0.2) is 4.42 Å². The van der Waals surface area contributed by atoms with Gasteiger partial charge in [0.2, 0.25) is 5.89 Å². The lowest BCUT2D eigenvalue weighted by Crippen LogP contribution is -2.20. The fraction of sp³-hybridized carbons (Fsp3) is 0.800. The maximum atomic E-state index is 5.47. The Morgan fingerprint density at radius 3 is 2.87 bits per heavy atom. The number of rotatable bonds is 5. The standard InChI is InChI=1S/C10H18N4O/c1-7-5-8(7)6-14(2)10-13-12-9(15-10)3-4-11/h7-8H,3-6,11H2,1-2H3. The SMILES string of the molecule is CC1CC1CN(C)c1nnc(CCN)o1. The van der Waals surface area contributed by atoms with Crippen LogP contribution >= 0.6 is 0 Å². The summed E-state index contributed by atoms with van der Waals surface area (Å²) in [7, 11) is 1.99. The third kappa shape index (κ3) is 2.47. The Bertz CT molecular complexity index is 325. The summed E-state index contributed by atoms with van der Waals surface area (Å²) in [4.78, 5) is 2.03. The summed E-state index contributed by atoms with van der Waals surface area (Å²) >= 11 is 0. The summed E-state index contributed by atoms with van der Waals surface area (Å²) in [6.07, 6.45) is 1.97. The van der Waals surface area contributed by atoms with Crippen LogP contribution in [0, 0.1) is 11.8 Å². The van der Waals surface area contributed by atoms with E-state index in [2.05, 4.69) is 17.1 Å². The number of nitrogens with zero attached hydrogens (tertiary/aromatic N) is 3. The third-order valence-electron chi connectivity index (χ3n) is 2.93. The second-order valence-corrected chi connectivity index (χ2v) is 4.37. The summed E-state index contributed by atoms with van der Waals surface area (Å²) in [6, 6.07) is 0.609. The molecule has 0 radical (unpaired) electrons. The summed E-state index contributed by atoms with van der Waals surface area (Å²) in [5.41, 5.74) is 5.41. The van der Waals surface area contributed by atoms with Gasteiger partial charge in [-0.15, -0.1) is 5.10 Å². The van der Waals surface area contributed by atoms with Gasteiger partial charge >= 0.3 is 6.01 Å². The molecule has 2 rings (SSSR count). The smallest absolute Gasteiger partial charge is 0.317 e. The highest BCUT2D eigenvalue weighted by atomic mass is 16.4. The van der Waals surface area contributed by atoms with Crippen molar-refractivity contribution < 1.29 is 4.42 Å². The minimum absolute atomic E-state index is 0.547. The fourth-order valence-corrected chi connectivity index (χ4v) is 1.71. The predicted octanol–water partition coefficient (Wildman–Crippen LogP) is 0.663. The third-order valence-corrected chi connectivity index (χ3v) is 2.93. The quantitative estimate of drug-likeness (QED) is 0.773. The first-order chi connectivity index (χ1) is 7.20. The van der Waals surface area contributed by atoms with Crippen molar-refractivity contribution in [3.63, 3.8) is 0 Å². The van der Waals surface area contributed by atoms with Crippen molar-refractivity contribution >= 4 is 6.01 Å². The Kier molecular flexibility index (Phi) is 2.90. The molecule has 0 bridgehead atoms. The van der Waals surface area contributed by atoms with E-state index in [0.29, 0.717) is 24.9 Å². The first kappa shape index (κ1) is 10.4. The topological polar surface area (TPSA) is 68.2 Å². The van der Waals surface area contributed by atoms with Gasteiger partial charge in [-0.05, 0) is 18.3 Å². The molecule has 0 aliphatic heterocycles. The van der Waals surface area contributed by atoms with E-state index in [1.165, 1.54) is 6.42 Å². The lowest BCUT2D eigenvalue weighted by Gasteiger charge is -2.12. The van der Waals surface area contributed by atoms with Gasteiger partial charge in [-0.25, -0.2) is 0 Å². The van der Waals surface area contributed by atoms with Crippen LogP contribution in [0.2, 0.25) is 0 Å². The minimum Gasteiger partial charge on any atom is -0.408 e. The average molecular weight is 210 g/mol. The molecule has 5 nitrogen and oxygen atoms in total. The fourth-order valence-electron chi connectivity index (χ4n) is 1.71. The molecule has 1 aliphatic carbocycles. The molecule has 15 heavy (non-hydrogen) atoms. The summed E-state index contributed by atoms with van der Waals surface area (Å²) < 4.78 is 5.47. The molecule has 84 valence electrons. The van der Waals surface area contributed by atoms with Gasteiger partial charge in [0.25, 0.3) is 0 Å². The maximum Gasteiger partial charge on any atom is 0.317 e. The zero-order chi connectivity index (χ0) is 10.8. The number of anilines is 1. The predicted molar refractivity (Wildman–Crippen MR) is 57.6 cm³/mol. The molecule has 1 saturated carbocycles. The van der Waals surface area contributed by atoms with Gasteiger partial charge in [-0.3, -0.25) is 0 Å². The van der Waals surface area contributed by atoms with E-state index in [1.54, 1.807) is 0 Å². The van der Waals surface area contributed by atoms with Crippen molar-refractivity contribution in [3.05, 3.63) is 5.89 Å². The van der Waals surface area contributed by atoms with Crippen LogP contribution in [0.4, 0.5) is 6.01 Å². The molecule has 5 heteroatoms. The molecule has 2 N–H and O–H groups in total. The molecule has 1 aliphatic rings. The lowest BCUT2D eigenvalue weighted by atomic mass is 10.3. The Morgan fingerprint density at radius 2 is 2.27 bits per heavy atom. The first-order valence-electron chi connectivity index (χ1n) is 5.44. The van der Waals surface area contributed by atoms with Crippen LogP contribution in [-0.4, -0.2) is 30.3 Å². The average Bonchev–Trinajstić information content (AvgIpc) is 2.72. The zero-order valence-electron chi connectivity index (χ0n) is 9.31. The Balaban J connectivity index is 1.90. The van der Waals surface area contributed by atoms with Crippen molar-refractivity contribution in [2.24, 2.45) is 17.6 Å². The largest absolute Gasteiger partial charge is 0.408 e. The van der Waals surface area contributed by atoms with Gasteiger partial charge in [0.05, 0.1) is 0 Å². The highest BCUT2D eigenvalue weighted by Gasteiger charge is 2.34. The molecule has 1 aromatic rings. The summed E-state index contributed by atoms with van der Waals surface area (Å²) in [5.74, 6) is 2.27. The number of aromatic nitrogens is 2. The first-order valence-corrected chi connectivity index (χ1v) is 5.44. The molecule has 2 atom stereocenters. The molecule has 1 heterocycles. The number of hydrogen-bond acceptors (Lipinski definition) is 5. The van der Waals surface area contributed by atoms with E-state index in [-0.39, 0.29) is 0 Å². The van der Waals surface area contributed by atoms with Crippen molar-refractivity contribution in [1.82, 2.24) is 10.2 Å². The molecule has 1 aromatic heterocycles. The molecule has 1 fully saturated rings. The Hall–Kier alpha value is -1.10. The maximum absolute atomic E-state index is 5.47. The van der Waals surface area contributed by atoms with E-state index in [4.69, 9.17) is 10.2 Å². The van der Waals surface area contributed by atoms with Gasteiger partial charge in [0, 0.05) is 26.6 Å². The number of nitrogens with two attached hydrogens (primary N) is 1. The monoisotopic (exact) mass is 210 g/mol. The lowest BCUT2D eigenvalue weighted by molar-refractivity contribution is 0.486. The van der Waals surface area contributed by atoms with E-state index in [1.807, 2.05) is 11.9 Å². The molecule has 0 aromatic carbocycles. The van der Waals surface area contributed by atoms with Crippen molar-refractivity contribution in [2.45, 2.75) is 19.8 Å². The van der Waals surface area contributed by atoms with Crippen LogP contribution in [0.5, 0.6) is 0 Å². The van der Waals surface area contributed by atoms with E-state index in [0.717, 1.165) is 18.4 Å². The molecule has 0 saturated heterocycles. The molecular formula is C10H18N4O. The van der Waals surface area contributed by atoms with E-state index >= 15 is 0 Å². The van der Waals surface area contributed by atoms with Crippen molar-refractivity contribution in [1.29, 1.82) is 0 Å². The molecule has 2 unspecified atom stereocenters. The van der Waals surface area contributed by atoms with Crippen molar-refractivity contribution in [3.8, 4) is 0 Å². The second kappa shape index (κ2) is 4.18. The molecule has 0 amide bonds. The zero-order valence-corrected chi connectivity index (χ0v) is 9.31. The van der Waals surface area contributed by atoms with E-state index < -0.39 is 0 Å². The van der Waals surface area contributed by atoms with Gasteiger partial charge in [-0.1, -0.05) is 12.0 Å². The van der Waals surface area contributed by atoms with Crippen molar-refractivity contribution in [2.75, 3.05) is 25.0 Å². The molecule has 0 spiro atoms. The highest BCUT2D eigenvalue weighted by molar-refractivity contribution is 5.22. The van der Waals surface area contributed by atoms with Gasteiger partial charge in [-0.2, -0.15) is 0 Å². The van der Waals surface area contributed by atoms with Crippen LogP contribution in [0.3, 0.4) is 0 Å². The van der Waals surface area contributed by atoms with Crippen LogP contribution in [0.25, 0.3) is 0 Å². The van der Waals surface area contributed by atoms with Crippen LogP contribution in [-0.2, 0) is 6.42 Å². The van der Waals surface area contributed by atoms with Gasteiger partial charge < -0.3 is 15.1 Å². The van der Waals surface area contributed by atoms with Gasteiger partial charge in [0.15, 0.2) is 0 Å². The Morgan fingerprint density at radius 1 is 1.53 bits per heavy atom. The van der Waals surface area contributed by atoms with Crippen LogP contribution in [0.1, 0.15) is 19.2 Å². The normalized spacial score (nSPS) is 24.2. The minimum atomic E-state index is 0.547. The Labute approximate surface area is 89.6 Å². The molecular weight excluding hydrogens is 192 g/mol. The highest BCUT2D eigenvalue weighted by Crippen LogP contribution is 2.38. The summed E-state index contributed by atoms with van der Waals surface area (Å²) in [6.45, 7) is 3.82. The number of hydrogen-bond donors (Lipinski definition) is 1. The van der Waals surface area contributed by atoms with Gasteiger partial charge in [0.1, 0.15) is 0 Å². The van der Waals surface area contributed by atoms with Crippen LogP contribution < -0.4 is 10.6 Å². The van der Waals surface area contributed by atoms with E-state index in [9.17, 15) is 0 Å². The summed E-state index contributed by atoms with van der Waals surface area (Å²) in [5, 5.41) is 7.93.